The number of benzene rings is 1. The van der Waals surface area contributed by atoms with Crippen LogP contribution in [0, 0.1) is 5.92 Å². The quantitative estimate of drug-likeness (QED) is 0.388. The lowest BCUT2D eigenvalue weighted by Crippen LogP contribution is -2.44. The summed E-state index contributed by atoms with van der Waals surface area (Å²) in [6.45, 7) is 3.91. The Hall–Kier alpha value is -3.92. The highest BCUT2D eigenvalue weighted by Crippen LogP contribution is 2.30. The van der Waals surface area contributed by atoms with Crippen LogP contribution < -0.4 is 20.9 Å². The van der Waals surface area contributed by atoms with Crippen LogP contribution in [0.4, 0.5) is 22.7 Å². The molecule has 2 fully saturated rings. The molecule has 3 aromatic rings. The van der Waals surface area contributed by atoms with Gasteiger partial charge < -0.3 is 25.8 Å². The van der Waals surface area contributed by atoms with Gasteiger partial charge in [-0.3, -0.25) is 19.3 Å². The van der Waals surface area contributed by atoms with Crippen LogP contribution in [-0.4, -0.2) is 70.7 Å². The third-order valence-electron chi connectivity index (χ3n) is 7.68. The van der Waals surface area contributed by atoms with Crippen LogP contribution in [0.1, 0.15) is 42.5 Å². The van der Waals surface area contributed by atoms with E-state index in [-0.39, 0.29) is 11.8 Å². The first-order chi connectivity index (χ1) is 18.9. The molecule has 5 rings (SSSR count). The first-order valence-corrected chi connectivity index (χ1v) is 13.8. The van der Waals surface area contributed by atoms with Crippen molar-refractivity contribution in [3.63, 3.8) is 0 Å². The van der Waals surface area contributed by atoms with Crippen molar-refractivity contribution in [3.05, 3.63) is 60.7 Å². The van der Waals surface area contributed by atoms with Crippen molar-refractivity contribution in [1.82, 2.24) is 25.0 Å². The fraction of sp³-hybridized carbons (Fsp3) is 0.448. The average Bonchev–Trinajstić information content (AvgIpc) is 3.61. The largest absolute Gasteiger partial charge is 0.367 e. The summed E-state index contributed by atoms with van der Waals surface area (Å²) >= 11 is 0. The SMILES string of the molecule is CN1CCN(c2ccncc2Nc2cccc(C(=O)NC(CC3CCCC3)C(=O)Nc3cnn(C)c3)c2)CC1. The Bertz CT molecular complexity index is 1280. The number of amides is 2. The number of hydrogen-bond donors (Lipinski definition) is 3. The Kier molecular flexibility index (Phi) is 8.41. The molecule has 1 saturated carbocycles. The van der Waals surface area contributed by atoms with Gasteiger partial charge in [0.1, 0.15) is 6.04 Å². The van der Waals surface area contributed by atoms with Crippen LogP contribution in [0.3, 0.4) is 0 Å². The second-order valence-electron chi connectivity index (χ2n) is 10.7. The van der Waals surface area contributed by atoms with Crippen molar-refractivity contribution < 1.29 is 9.59 Å². The number of aromatic nitrogens is 3. The minimum absolute atomic E-state index is 0.218. The molecule has 0 bridgehead atoms. The molecule has 1 atom stereocenters. The molecule has 1 unspecified atom stereocenters. The van der Waals surface area contributed by atoms with Crippen LogP contribution in [0.25, 0.3) is 0 Å². The number of hydrogen-bond acceptors (Lipinski definition) is 7. The zero-order valence-corrected chi connectivity index (χ0v) is 22.8. The lowest BCUT2D eigenvalue weighted by molar-refractivity contribution is -0.118. The Balaban J connectivity index is 1.29. The molecule has 2 aromatic heterocycles. The van der Waals surface area contributed by atoms with E-state index >= 15 is 0 Å². The molecule has 39 heavy (non-hydrogen) atoms. The van der Waals surface area contributed by atoms with E-state index in [1.807, 2.05) is 36.7 Å². The molecule has 10 nitrogen and oxygen atoms in total. The summed E-state index contributed by atoms with van der Waals surface area (Å²) in [5.74, 6) is -0.0558. The van der Waals surface area contributed by atoms with Gasteiger partial charge in [0.2, 0.25) is 5.91 Å². The fourth-order valence-electron chi connectivity index (χ4n) is 5.47. The van der Waals surface area contributed by atoms with Crippen molar-refractivity contribution in [2.75, 3.05) is 48.8 Å². The summed E-state index contributed by atoms with van der Waals surface area (Å²) in [6.07, 6.45) is 12.1. The summed E-state index contributed by atoms with van der Waals surface area (Å²) in [4.78, 5) is 35.6. The standard InChI is InChI=1S/C29H38N8O2/c1-35-12-14-37(15-13-35)27-10-11-30-19-26(27)32-23-9-5-8-22(17-23)28(38)34-25(16-21-6-3-4-7-21)29(39)33-24-18-31-36(2)20-24/h5,8-11,17-21,25,32H,3-4,6-7,12-16H2,1-2H3,(H,33,39)(H,34,38). The molecule has 1 saturated heterocycles. The summed E-state index contributed by atoms with van der Waals surface area (Å²) in [6, 6.07) is 8.78. The van der Waals surface area contributed by atoms with E-state index in [9.17, 15) is 9.59 Å². The number of nitrogens with one attached hydrogen (secondary N) is 3. The van der Waals surface area contributed by atoms with Gasteiger partial charge in [0.25, 0.3) is 5.91 Å². The zero-order valence-electron chi connectivity index (χ0n) is 22.8. The Morgan fingerprint density at radius 2 is 1.82 bits per heavy atom. The number of anilines is 4. The van der Waals surface area contributed by atoms with E-state index in [0.29, 0.717) is 23.6 Å². The maximum absolute atomic E-state index is 13.4. The maximum Gasteiger partial charge on any atom is 0.252 e. The second kappa shape index (κ2) is 12.3. The van der Waals surface area contributed by atoms with Gasteiger partial charge in [-0.25, -0.2) is 0 Å². The number of aryl methyl sites for hydroxylation is 1. The minimum atomic E-state index is -0.625. The van der Waals surface area contributed by atoms with Crippen molar-refractivity contribution in [2.24, 2.45) is 13.0 Å². The molecule has 3 heterocycles. The maximum atomic E-state index is 13.4. The topological polar surface area (TPSA) is 107 Å². The predicted molar refractivity (Wildman–Crippen MR) is 153 cm³/mol. The average molecular weight is 531 g/mol. The number of carbonyl (C=O) groups is 2. The van der Waals surface area contributed by atoms with E-state index in [1.165, 1.54) is 12.8 Å². The van der Waals surface area contributed by atoms with Gasteiger partial charge in [-0.15, -0.1) is 0 Å². The molecule has 0 radical (unpaired) electrons. The fourth-order valence-corrected chi connectivity index (χ4v) is 5.47. The summed E-state index contributed by atoms with van der Waals surface area (Å²) < 4.78 is 1.63. The van der Waals surface area contributed by atoms with Gasteiger partial charge >= 0.3 is 0 Å². The monoisotopic (exact) mass is 530 g/mol. The van der Waals surface area contributed by atoms with Crippen molar-refractivity contribution in [3.8, 4) is 0 Å². The van der Waals surface area contributed by atoms with Crippen molar-refractivity contribution in [2.45, 2.75) is 38.1 Å². The summed E-state index contributed by atoms with van der Waals surface area (Å²) in [7, 11) is 3.94. The second-order valence-corrected chi connectivity index (χ2v) is 10.7. The molecule has 1 aliphatic heterocycles. The van der Waals surface area contributed by atoms with Gasteiger partial charge in [-0.05, 0) is 43.7 Å². The Labute approximate surface area is 229 Å². The van der Waals surface area contributed by atoms with Crippen LogP contribution in [-0.2, 0) is 11.8 Å². The number of piperazine rings is 1. The number of rotatable bonds is 9. The normalized spacial score (nSPS) is 17.1. The molecule has 1 aliphatic carbocycles. The van der Waals surface area contributed by atoms with E-state index in [4.69, 9.17) is 0 Å². The van der Waals surface area contributed by atoms with Crippen molar-refractivity contribution in [1.29, 1.82) is 0 Å². The van der Waals surface area contributed by atoms with Crippen LogP contribution in [0.15, 0.2) is 55.1 Å². The third-order valence-corrected chi connectivity index (χ3v) is 7.68. The number of pyridine rings is 1. The molecule has 2 aliphatic rings. The molecular formula is C29H38N8O2. The van der Waals surface area contributed by atoms with Gasteiger partial charge in [0.15, 0.2) is 0 Å². The first-order valence-electron chi connectivity index (χ1n) is 13.8. The molecule has 10 heteroatoms. The number of nitrogens with zero attached hydrogens (tertiary/aromatic N) is 5. The smallest absolute Gasteiger partial charge is 0.252 e. The van der Waals surface area contributed by atoms with Gasteiger partial charge in [-0.2, -0.15) is 5.10 Å². The number of likely N-dealkylation sites (N-methyl/N-ethyl adjacent to an activating group) is 1. The van der Waals surface area contributed by atoms with Crippen LogP contribution in [0.2, 0.25) is 0 Å². The molecule has 0 spiro atoms. The van der Waals surface area contributed by atoms with Gasteiger partial charge in [0, 0.05) is 56.9 Å². The first kappa shape index (κ1) is 26.7. The lowest BCUT2D eigenvalue weighted by atomic mass is 9.97. The Morgan fingerprint density at radius 1 is 1.03 bits per heavy atom. The van der Waals surface area contributed by atoms with E-state index in [1.54, 1.807) is 30.2 Å². The van der Waals surface area contributed by atoms with Crippen LogP contribution in [0.5, 0.6) is 0 Å². The lowest BCUT2D eigenvalue weighted by Gasteiger charge is -2.35. The molecular weight excluding hydrogens is 492 g/mol. The van der Waals surface area contributed by atoms with Gasteiger partial charge in [0.05, 0.1) is 29.5 Å². The molecule has 206 valence electrons. The van der Waals surface area contributed by atoms with Crippen molar-refractivity contribution >= 4 is 34.6 Å². The van der Waals surface area contributed by atoms with Gasteiger partial charge in [-0.1, -0.05) is 31.7 Å². The molecule has 1 aromatic carbocycles. The molecule has 3 N–H and O–H groups in total. The van der Waals surface area contributed by atoms with E-state index < -0.39 is 6.04 Å². The summed E-state index contributed by atoms with van der Waals surface area (Å²) in [5, 5.41) is 13.5. The zero-order chi connectivity index (χ0) is 27.2. The highest BCUT2D eigenvalue weighted by atomic mass is 16.2. The highest BCUT2D eigenvalue weighted by molar-refractivity contribution is 6.01. The minimum Gasteiger partial charge on any atom is -0.367 e. The third kappa shape index (κ3) is 6.94. The Morgan fingerprint density at radius 3 is 2.56 bits per heavy atom. The molecule has 2 amide bonds. The summed E-state index contributed by atoms with van der Waals surface area (Å²) in [5.41, 5.74) is 3.90. The highest BCUT2D eigenvalue weighted by Gasteiger charge is 2.27. The van der Waals surface area contributed by atoms with E-state index in [2.05, 4.69) is 42.9 Å². The van der Waals surface area contributed by atoms with Crippen LogP contribution >= 0.6 is 0 Å². The number of carbonyl (C=O) groups excluding carboxylic acids is 2. The predicted octanol–water partition coefficient (Wildman–Crippen LogP) is 3.63. The van der Waals surface area contributed by atoms with E-state index in [0.717, 1.165) is 56.1 Å².